The van der Waals surface area contributed by atoms with Crippen molar-refractivity contribution in [2.45, 2.75) is 20.3 Å². The van der Waals surface area contributed by atoms with Gasteiger partial charge in [-0.3, -0.25) is 0 Å². The molecule has 0 aliphatic heterocycles. The summed E-state index contributed by atoms with van der Waals surface area (Å²) in [7, 11) is 0. The number of hydrogen-bond donors (Lipinski definition) is 1. The molecule has 0 saturated carbocycles. The van der Waals surface area contributed by atoms with E-state index in [1.54, 1.807) is 0 Å². The molecule has 1 atom stereocenters. The molecule has 0 aliphatic carbocycles. The zero-order valence-corrected chi connectivity index (χ0v) is 4.31. The van der Waals surface area contributed by atoms with Crippen LogP contribution in [0.3, 0.4) is 0 Å². The van der Waals surface area contributed by atoms with Crippen molar-refractivity contribution in [3.05, 3.63) is 6.61 Å². The molecular weight excluding hydrogens is 76.1 g/mol. The van der Waals surface area contributed by atoms with E-state index in [9.17, 15) is 0 Å². The molecule has 0 saturated heterocycles. The average molecular weight is 87.1 g/mol. The quantitative estimate of drug-likeness (QED) is 0.542. The summed E-state index contributed by atoms with van der Waals surface area (Å²) in [5.74, 6) is 0.366. The van der Waals surface area contributed by atoms with Gasteiger partial charge in [-0.25, -0.2) is 0 Å². The van der Waals surface area contributed by atoms with E-state index in [0.717, 1.165) is 6.42 Å². The third-order valence-electron chi connectivity index (χ3n) is 0.898. The van der Waals surface area contributed by atoms with Gasteiger partial charge in [-0.2, -0.15) is 0 Å². The van der Waals surface area contributed by atoms with E-state index >= 15 is 0 Å². The summed E-state index contributed by atoms with van der Waals surface area (Å²) in [6, 6.07) is 0. The molecule has 0 spiro atoms. The molecule has 0 aromatic carbocycles. The minimum Gasteiger partial charge on any atom is -0.390 e. The van der Waals surface area contributed by atoms with Gasteiger partial charge in [-0.05, 0) is 5.92 Å². The second kappa shape index (κ2) is 3.16. The van der Waals surface area contributed by atoms with Crippen LogP contribution in [-0.2, 0) is 0 Å². The van der Waals surface area contributed by atoms with Gasteiger partial charge in [0.05, 0.1) is 6.61 Å². The van der Waals surface area contributed by atoms with Crippen molar-refractivity contribution < 1.29 is 5.11 Å². The van der Waals surface area contributed by atoms with Crippen LogP contribution in [0.15, 0.2) is 0 Å². The van der Waals surface area contributed by atoms with Gasteiger partial charge in [-0.1, -0.05) is 20.3 Å². The SMILES string of the molecule is CCC(C)[CH]O. The lowest BCUT2D eigenvalue weighted by Crippen LogP contribution is -1.89. The monoisotopic (exact) mass is 87.1 g/mol. The molecule has 6 heavy (non-hydrogen) atoms. The first-order valence-corrected chi connectivity index (χ1v) is 2.28. The van der Waals surface area contributed by atoms with Crippen LogP contribution in [0.25, 0.3) is 0 Å². The lowest BCUT2D eigenvalue weighted by molar-refractivity contribution is 0.322. The maximum absolute atomic E-state index is 8.21. The molecule has 1 radical (unpaired) electrons. The maximum Gasteiger partial charge on any atom is 0.0827 e. The lowest BCUT2D eigenvalue weighted by atomic mass is 10.1. The Kier molecular flexibility index (Phi) is 3.14. The minimum absolute atomic E-state index is 0.366. The molecule has 1 unspecified atom stereocenters. The van der Waals surface area contributed by atoms with Gasteiger partial charge in [0, 0.05) is 0 Å². The third kappa shape index (κ3) is 2.21. The Morgan fingerprint density at radius 3 is 2.33 bits per heavy atom. The molecular formula is C5H11O. The normalized spacial score (nSPS) is 14.5. The van der Waals surface area contributed by atoms with E-state index in [-0.39, 0.29) is 0 Å². The van der Waals surface area contributed by atoms with Crippen LogP contribution in [0.2, 0.25) is 0 Å². The Morgan fingerprint density at radius 2 is 2.33 bits per heavy atom. The number of hydrogen-bond acceptors (Lipinski definition) is 1. The van der Waals surface area contributed by atoms with Crippen molar-refractivity contribution in [1.29, 1.82) is 0 Å². The van der Waals surface area contributed by atoms with Gasteiger partial charge in [-0.15, -0.1) is 0 Å². The highest BCUT2D eigenvalue weighted by atomic mass is 16.3. The fourth-order valence-corrected chi connectivity index (χ4v) is 0.105. The molecule has 0 bridgehead atoms. The van der Waals surface area contributed by atoms with Crippen LogP contribution in [-0.4, -0.2) is 5.11 Å². The highest BCUT2D eigenvalue weighted by molar-refractivity contribution is 4.54. The van der Waals surface area contributed by atoms with Crippen LogP contribution >= 0.6 is 0 Å². The highest BCUT2D eigenvalue weighted by Gasteiger charge is 1.91. The fourth-order valence-electron chi connectivity index (χ4n) is 0.105. The second-order valence-corrected chi connectivity index (χ2v) is 1.53. The third-order valence-corrected chi connectivity index (χ3v) is 0.898. The summed E-state index contributed by atoms with van der Waals surface area (Å²) in [6.07, 6.45) is 1.02. The first-order valence-electron chi connectivity index (χ1n) is 2.28. The molecule has 0 amide bonds. The van der Waals surface area contributed by atoms with Gasteiger partial charge in [0.2, 0.25) is 0 Å². The van der Waals surface area contributed by atoms with E-state index in [1.807, 2.05) is 13.8 Å². The topological polar surface area (TPSA) is 20.2 Å². The average Bonchev–Trinajstić information content (AvgIpc) is 1.65. The summed E-state index contributed by atoms with van der Waals surface area (Å²) in [6.45, 7) is 5.23. The Labute approximate surface area is 39.0 Å². The molecule has 0 aromatic rings. The van der Waals surface area contributed by atoms with Crippen molar-refractivity contribution in [3.63, 3.8) is 0 Å². The molecule has 0 heterocycles. The highest BCUT2D eigenvalue weighted by Crippen LogP contribution is 1.99. The minimum atomic E-state index is 0.366. The molecule has 1 nitrogen and oxygen atoms in total. The van der Waals surface area contributed by atoms with Crippen LogP contribution in [0.4, 0.5) is 0 Å². The van der Waals surface area contributed by atoms with Crippen LogP contribution in [0.5, 0.6) is 0 Å². The number of rotatable bonds is 2. The van der Waals surface area contributed by atoms with Crippen molar-refractivity contribution in [1.82, 2.24) is 0 Å². The standard InChI is InChI=1S/C5H11O/c1-3-5(2)4-6/h4-6H,3H2,1-2H3. The zero-order chi connectivity index (χ0) is 4.99. The fraction of sp³-hybridized carbons (Fsp3) is 0.800. The van der Waals surface area contributed by atoms with E-state index in [1.165, 1.54) is 6.61 Å². The molecule has 0 rings (SSSR count). The van der Waals surface area contributed by atoms with Gasteiger partial charge >= 0.3 is 0 Å². The summed E-state index contributed by atoms with van der Waals surface area (Å²) in [5.41, 5.74) is 0. The zero-order valence-electron chi connectivity index (χ0n) is 4.31. The maximum atomic E-state index is 8.21. The molecule has 37 valence electrons. The van der Waals surface area contributed by atoms with E-state index < -0.39 is 0 Å². The van der Waals surface area contributed by atoms with Crippen LogP contribution < -0.4 is 0 Å². The van der Waals surface area contributed by atoms with E-state index in [2.05, 4.69) is 0 Å². The van der Waals surface area contributed by atoms with Crippen LogP contribution in [0, 0.1) is 12.5 Å². The summed E-state index contributed by atoms with van der Waals surface area (Å²) < 4.78 is 0. The second-order valence-electron chi connectivity index (χ2n) is 1.53. The van der Waals surface area contributed by atoms with Gasteiger partial charge in [0.25, 0.3) is 0 Å². The summed E-state index contributed by atoms with van der Waals surface area (Å²) >= 11 is 0. The lowest BCUT2D eigenvalue weighted by Gasteiger charge is -1.97. The molecule has 1 N–H and O–H groups in total. The van der Waals surface area contributed by atoms with Gasteiger partial charge in [0.1, 0.15) is 0 Å². The predicted octanol–water partition coefficient (Wildman–Crippen LogP) is 1.57. The van der Waals surface area contributed by atoms with E-state index in [4.69, 9.17) is 5.11 Å². The van der Waals surface area contributed by atoms with Crippen molar-refractivity contribution in [2.24, 2.45) is 5.92 Å². The first-order chi connectivity index (χ1) is 2.81. The van der Waals surface area contributed by atoms with Crippen LogP contribution in [0.1, 0.15) is 20.3 Å². The Hall–Kier alpha value is -0.0400. The largest absolute Gasteiger partial charge is 0.390 e. The molecule has 1 heteroatoms. The predicted molar refractivity (Wildman–Crippen MR) is 25.7 cm³/mol. The summed E-state index contributed by atoms with van der Waals surface area (Å²) in [4.78, 5) is 0. The van der Waals surface area contributed by atoms with Gasteiger partial charge < -0.3 is 5.11 Å². The number of aliphatic hydroxyl groups is 1. The molecule has 0 aromatic heterocycles. The Bertz CT molecular complexity index is 23.1. The van der Waals surface area contributed by atoms with Gasteiger partial charge in [0.15, 0.2) is 0 Å². The first kappa shape index (κ1) is 5.96. The Morgan fingerprint density at radius 1 is 1.83 bits per heavy atom. The Balaban J connectivity index is 2.75. The summed E-state index contributed by atoms with van der Waals surface area (Å²) in [5, 5.41) is 8.21. The smallest absolute Gasteiger partial charge is 0.0827 e. The number of aliphatic hydroxyl groups excluding tert-OH is 1. The van der Waals surface area contributed by atoms with Crippen molar-refractivity contribution in [2.75, 3.05) is 0 Å². The molecule has 0 fully saturated rings. The van der Waals surface area contributed by atoms with Crippen molar-refractivity contribution >= 4 is 0 Å². The van der Waals surface area contributed by atoms with Crippen molar-refractivity contribution in [3.8, 4) is 0 Å². The van der Waals surface area contributed by atoms with E-state index in [0.29, 0.717) is 5.92 Å². The molecule has 0 aliphatic rings.